The van der Waals surface area contributed by atoms with E-state index in [1.165, 1.54) is 37.8 Å². The van der Waals surface area contributed by atoms with Gasteiger partial charge < -0.3 is 5.32 Å². The van der Waals surface area contributed by atoms with Crippen molar-refractivity contribution in [3.63, 3.8) is 0 Å². The van der Waals surface area contributed by atoms with Gasteiger partial charge in [0.1, 0.15) is 0 Å². The Balaban J connectivity index is 1.67. The molecular formula is C18H28N2. The molecule has 0 aromatic heterocycles. The molecule has 1 aromatic carbocycles. The summed E-state index contributed by atoms with van der Waals surface area (Å²) in [5.74, 6) is 0. The normalized spacial score (nSPS) is 30.5. The van der Waals surface area contributed by atoms with Gasteiger partial charge in [-0.15, -0.1) is 0 Å². The van der Waals surface area contributed by atoms with Gasteiger partial charge in [0, 0.05) is 31.7 Å². The lowest BCUT2D eigenvalue weighted by Gasteiger charge is -2.43. The van der Waals surface area contributed by atoms with Gasteiger partial charge in [0.05, 0.1) is 0 Å². The second-order valence-electron chi connectivity index (χ2n) is 7.17. The summed E-state index contributed by atoms with van der Waals surface area (Å²) in [5, 5.41) is 3.71. The van der Waals surface area contributed by atoms with Crippen LogP contribution in [0, 0.1) is 5.41 Å². The van der Waals surface area contributed by atoms with Gasteiger partial charge in [-0.3, -0.25) is 4.90 Å². The van der Waals surface area contributed by atoms with Crippen molar-refractivity contribution < 1.29 is 0 Å². The Hall–Kier alpha value is -0.860. The highest BCUT2D eigenvalue weighted by atomic mass is 15.2. The van der Waals surface area contributed by atoms with E-state index in [-0.39, 0.29) is 0 Å². The molecule has 2 unspecified atom stereocenters. The second kappa shape index (κ2) is 5.87. The van der Waals surface area contributed by atoms with Gasteiger partial charge in [0.25, 0.3) is 0 Å². The summed E-state index contributed by atoms with van der Waals surface area (Å²) < 4.78 is 0. The number of rotatable bonds is 3. The van der Waals surface area contributed by atoms with E-state index in [9.17, 15) is 0 Å². The van der Waals surface area contributed by atoms with Gasteiger partial charge in [0.15, 0.2) is 0 Å². The lowest BCUT2D eigenvalue weighted by molar-refractivity contribution is 0.0873. The Kier molecular flexibility index (Phi) is 4.13. The third-order valence-corrected chi connectivity index (χ3v) is 5.30. The molecule has 2 aliphatic rings. The first-order chi connectivity index (χ1) is 9.66. The summed E-state index contributed by atoms with van der Waals surface area (Å²) in [4.78, 5) is 2.72. The number of hydrogen-bond acceptors (Lipinski definition) is 2. The first-order valence-electron chi connectivity index (χ1n) is 8.19. The van der Waals surface area contributed by atoms with Crippen LogP contribution in [0.3, 0.4) is 0 Å². The van der Waals surface area contributed by atoms with Crippen LogP contribution in [-0.4, -0.2) is 30.6 Å². The highest BCUT2D eigenvalue weighted by Gasteiger charge is 2.34. The fraction of sp³-hybridized carbons (Fsp3) is 0.667. The van der Waals surface area contributed by atoms with E-state index in [0.29, 0.717) is 17.5 Å². The molecule has 2 heteroatoms. The van der Waals surface area contributed by atoms with Crippen molar-refractivity contribution >= 4 is 0 Å². The molecule has 0 amide bonds. The first-order valence-corrected chi connectivity index (χ1v) is 8.19. The van der Waals surface area contributed by atoms with Gasteiger partial charge in [-0.25, -0.2) is 0 Å². The van der Waals surface area contributed by atoms with Crippen molar-refractivity contribution in [1.82, 2.24) is 10.2 Å². The summed E-state index contributed by atoms with van der Waals surface area (Å²) in [7, 11) is 0. The predicted octanol–water partition coefficient (Wildman–Crippen LogP) is 3.60. The van der Waals surface area contributed by atoms with Crippen LogP contribution < -0.4 is 5.32 Å². The van der Waals surface area contributed by atoms with Crippen LogP contribution >= 0.6 is 0 Å². The number of nitrogens with one attached hydrogen (secondary N) is 1. The molecule has 3 rings (SSSR count). The summed E-state index contributed by atoms with van der Waals surface area (Å²) in [6.45, 7) is 8.40. The topological polar surface area (TPSA) is 15.3 Å². The zero-order chi connectivity index (χ0) is 14.0. The predicted molar refractivity (Wildman–Crippen MR) is 84.8 cm³/mol. The van der Waals surface area contributed by atoms with Crippen LogP contribution in [0.25, 0.3) is 0 Å². The van der Waals surface area contributed by atoms with Crippen LogP contribution in [0.15, 0.2) is 30.3 Å². The SMILES string of the molecule is CC1CNC(c2ccccc2)CN1CC1(C)CCCC1. The average Bonchev–Trinajstić information content (AvgIpc) is 2.89. The fourth-order valence-electron chi connectivity index (χ4n) is 3.93. The van der Waals surface area contributed by atoms with E-state index in [4.69, 9.17) is 0 Å². The summed E-state index contributed by atoms with van der Waals surface area (Å²) >= 11 is 0. The fourth-order valence-corrected chi connectivity index (χ4v) is 3.93. The van der Waals surface area contributed by atoms with Crippen molar-refractivity contribution in [1.29, 1.82) is 0 Å². The molecule has 0 bridgehead atoms. The van der Waals surface area contributed by atoms with E-state index in [1.54, 1.807) is 0 Å². The van der Waals surface area contributed by atoms with Gasteiger partial charge in [0.2, 0.25) is 0 Å². The number of piperazine rings is 1. The minimum Gasteiger partial charge on any atom is -0.307 e. The van der Waals surface area contributed by atoms with E-state index in [1.807, 2.05) is 0 Å². The zero-order valence-corrected chi connectivity index (χ0v) is 12.9. The highest BCUT2D eigenvalue weighted by Crippen LogP contribution is 2.39. The molecule has 1 aliphatic heterocycles. The lowest BCUT2D eigenvalue weighted by atomic mass is 9.87. The molecule has 1 N–H and O–H groups in total. The van der Waals surface area contributed by atoms with E-state index >= 15 is 0 Å². The van der Waals surface area contributed by atoms with Gasteiger partial charge >= 0.3 is 0 Å². The molecule has 2 atom stereocenters. The maximum atomic E-state index is 3.71. The smallest absolute Gasteiger partial charge is 0.0449 e. The Morgan fingerprint density at radius 3 is 2.60 bits per heavy atom. The molecule has 1 aromatic rings. The van der Waals surface area contributed by atoms with Crippen molar-refractivity contribution in [2.45, 2.75) is 51.6 Å². The molecule has 20 heavy (non-hydrogen) atoms. The number of hydrogen-bond donors (Lipinski definition) is 1. The van der Waals surface area contributed by atoms with Gasteiger partial charge in [-0.2, -0.15) is 0 Å². The van der Waals surface area contributed by atoms with Gasteiger partial charge in [-0.05, 0) is 30.7 Å². The van der Waals surface area contributed by atoms with Crippen molar-refractivity contribution in [2.24, 2.45) is 5.41 Å². The van der Waals surface area contributed by atoms with Crippen LogP contribution in [0.4, 0.5) is 0 Å². The second-order valence-corrected chi connectivity index (χ2v) is 7.17. The standard InChI is InChI=1S/C18H28N2/c1-15-12-19-17(16-8-4-3-5-9-16)13-20(15)14-18(2)10-6-7-11-18/h3-5,8-9,15,17,19H,6-7,10-14H2,1-2H3. The molecule has 0 radical (unpaired) electrons. The van der Waals surface area contributed by atoms with Crippen LogP contribution in [0.2, 0.25) is 0 Å². The van der Waals surface area contributed by atoms with Crippen molar-refractivity contribution in [3.05, 3.63) is 35.9 Å². The minimum absolute atomic E-state index is 0.498. The quantitative estimate of drug-likeness (QED) is 0.904. The number of nitrogens with zero attached hydrogens (tertiary/aromatic N) is 1. The Bertz CT molecular complexity index is 422. The summed E-state index contributed by atoms with van der Waals surface area (Å²) in [6.07, 6.45) is 5.69. The van der Waals surface area contributed by atoms with Crippen molar-refractivity contribution in [3.8, 4) is 0 Å². The Morgan fingerprint density at radius 2 is 1.90 bits per heavy atom. The summed E-state index contributed by atoms with van der Waals surface area (Å²) in [5.41, 5.74) is 1.99. The van der Waals surface area contributed by atoms with Crippen LogP contribution in [-0.2, 0) is 0 Å². The first kappa shape index (κ1) is 14.1. The minimum atomic E-state index is 0.498. The van der Waals surface area contributed by atoms with Gasteiger partial charge in [-0.1, -0.05) is 50.1 Å². The highest BCUT2D eigenvalue weighted by molar-refractivity contribution is 5.20. The van der Waals surface area contributed by atoms with E-state index < -0.39 is 0 Å². The molecule has 0 spiro atoms. The largest absolute Gasteiger partial charge is 0.307 e. The zero-order valence-electron chi connectivity index (χ0n) is 12.9. The molecular weight excluding hydrogens is 244 g/mol. The average molecular weight is 272 g/mol. The Morgan fingerprint density at radius 1 is 1.20 bits per heavy atom. The molecule has 1 saturated carbocycles. The summed E-state index contributed by atoms with van der Waals surface area (Å²) in [6, 6.07) is 12.1. The molecule has 2 fully saturated rings. The van der Waals surface area contributed by atoms with Crippen LogP contribution in [0.1, 0.15) is 51.1 Å². The molecule has 1 aliphatic carbocycles. The van der Waals surface area contributed by atoms with Crippen molar-refractivity contribution in [2.75, 3.05) is 19.6 Å². The number of benzene rings is 1. The maximum absolute atomic E-state index is 3.71. The Labute approximate surface area is 123 Å². The lowest BCUT2D eigenvalue weighted by Crippen LogP contribution is -2.53. The molecule has 2 nitrogen and oxygen atoms in total. The maximum Gasteiger partial charge on any atom is 0.0449 e. The third kappa shape index (κ3) is 3.07. The van der Waals surface area contributed by atoms with Crippen LogP contribution in [0.5, 0.6) is 0 Å². The van der Waals surface area contributed by atoms with E-state index in [2.05, 4.69) is 54.4 Å². The van der Waals surface area contributed by atoms with E-state index in [0.717, 1.165) is 13.1 Å². The molecule has 1 saturated heterocycles. The third-order valence-electron chi connectivity index (χ3n) is 5.30. The monoisotopic (exact) mass is 272 g/mol. The molecule has 110 valence electrons. The molecule has 1 heterocycles.